The number of methoxy groups -OCH3 is 1. The molecule has 0 aromatic heterocycles. The molecule has 1 aliphatic heterocycles. The summed E-state index contributed by atoms with van der Waals surface area (Å²) in [6, 6.07) is 23.3. The Morgan fingerprint density at radius 1 is 1.03 bits per heavy atom. The van der Waals surface area contributed by atoms with Gasteiger partial charge in [0.15, 0.2) is 5.60 Å². The van der Waals surface area contributed by atoms with Gasteiger partial charge in [-0.05, 0) is 41.3 Å². The Morgan fingerprint density at radius 2 is 1.64 bits per heavy atom. The lowest BCUT2D eigenvalue weighted by atomic mass is 9.85. The SMILES string of the molecule is COC(=O)C[C@]1(c2ccccc2)CCN([C@@H](C)c2ccc(-c3ccc(F)cc3)cc2)C(=O)O1. The maximum atomic E-state index is 13.2. The van der Waals surface area contributed by atoms with Crippen LogP contribution in [0.2, 0.25) is 0 Å². The summed E-state index contributed by atoms with van der Waals surface area (Å²) < 4.78 is 24.0. The van der Waals surface area contributed by atoms with Crippen LogP contribution in [0.25, 0.3) is 11.1 Å². The molecule has 6 heteroatoms. The fourth-order valence-electron chi connectivity index (χ4n) is 4.27. The number of rotatable bonds is 6. The lowest BCUT2D eigenvalue weighted by Crippen LogP contribution is -2.49. The van der Waals surface area contributed by atoms with E-state index >= 15 is 0 Å². The van der Waals surface area contributed by atoms with Gasteiger partial charge in [0.05, 0.1) is 19.6 Å². The second kappa shape index (κ2) is 9.45. The van der Waals surface area contributed by atoms with Gasteiger partial charge in [0.1, 0.15) is 5.82 Å². The van der Waals surface area contributed by atoms with Crippen LogP contribution in [0.5, 0.6) is 0 Å². The van der Waals surface area contributed by atoms with Crippen molar-refractivity contribution in [1.29, 1.82) is 0 Å². The number of benzene rings is 3. The molecule has 1 saturated heterocycles. The van der Waals surface area contributed by atoms with E-state index in [9.17, 15) is 14.0 Å². The van der Waals surface area contributed by atoms with Crippen molar-refractivity contribution in [2.45, 2.75) is 31.4 Å². The second-order valence-electron chi connectivity index (χ2n) is 8.23. The molecular weight excluding hydrogens is 421 g/mol. The lowest BCUT2D eigenvalue weighted by Gasteiger charge is -2.43. The summed E-state index contributed by atoms with van der Waals surface area (Å²) >= 11 is 0. The van der Waals surface area contributed by atoms with E-state index in [2.05, 4.69) is 0 Å². The first-order chi connectivity index (χ1) is 15.9. The van der Waals surface area contributed by atoms with Gasteiger partial charge in [-0.15, -0.1) is 0 Å². The largest absolute Gasteiger partial charge is 0.469 e. The molecule has 3 aromatic rings. The zero-order valence-corrected chi connectivity index (χ0v) is 18.7. The highest BCUT2D eigenvalue weighted by molar-refractivity contribution is 5.74. The first-order valence-corrected chi connectivity index (χ1v) is 10.9. The fourth-order valence-corrected chi connectivity index (χ4v) is 4.27. The van der Waals surface area contributed by atoms with E-state index in [0.29, 0.717) is 13.0 Å². The smallest absolute Gasteiger partial charge is 0.411 e. The molecular formula is C27H26FNO4. The van der Waals surface area contributed by atoms with E-state index in [0.717, 1.165) is 22.3 Å². The molecule has 4 rings (SSSR count). The van der Waals surface area contributed by atoms with Crippen molar-refractivity contribution >= 4 is 12.1 Å². The van der Waals surface area contributed by atoms with E-state index in [1.165, 1.54) is 19.2 Å². The van der Waals surface area contributed by atoms with E-state index in [1.54, 1.807) is 17.0 Å². The molecule has 5 nitrogen and oxygen atoms in total. The number of halogens is 1. The zero-order valence-electron chi connectivity index (χ0n) is 18.7. The van der Waals surface area contributed by atoms with Crippen molar-refractivity contribution in [3.05, 3.63) is 95.8 Å². The first-order valence-electron chi connectivity index (χ1n) is 10.9. The van der Waals surface area contributed by atoms with Gasteiger partial charge >= 0.3 is 12.1 Å². The van der Waals surface area contributed by atoms with Gasteiger partial charge < -0.3 is 14.4 Å². The second-order valence-corrected chi connectivity index (χ2v) is 8.23. The summed E-state index contributed by atoms with van der Waals surface area (Å²) in [5.41, 5.74) is 2.57. The summed E-state index contributed by atoms with van der Waals surface area (Å²) in [5.74, 6) is -0.698. The Bertz CT molecular complexity index is 1120. The van der Waals surface area contributed by atoms with Crippen molar-refractivity contribution in [3.63, 3.8) is 0 Å². The third-order valence-electron chi connectivity index (χ3n) is 6.27. The maximum absolute atomic E-state index is 13.2. The summed E-state index contributed by atoms with van der Waals surface area (Å²) in [4.78, 5) is 26.9. The van der Waals surface area contributed by atoms with Crippen LogP contribution in [0, 0.1) is 5.82 Å². The molecule has 2 atom stereocenters. The quantitative estimate of drug-likeness (QED) is 0.445. The highest BCUT2D eigenvalue weighted by Crippen LogP contribution is 2.40. The Hall–Kier alpha value is -3.67. The Balaban J connectivity index is 1.52. The van der Waals surface area contributed by atoms with Crippen LogP contribution in [0.15, 0.2) is 78.9 Å². The minimum Gasteiger partial charge on any atom is -0.469 e. The third kappa shape index (κ3) is 4.75. The molecule has 33 heavy (non-hydrogen) atoms. The van der Waals surface area contributed by atoms with E-state index in [1.807, 2.05) is 61.5 Å². The number of carbonyl (C=O) groups is 2. The van der Waals surface area contributed by atoms with Crippen LogP contribution >= 0.6 is 0 Å². The minimum atomic E-state index is -1.05. The minimum absolute atomic E-state index is 0.0339. The van der Waals surface area contributed by atoms with Crippen LogP contribution in [0.3, 0.4) is 0 Å². The molecule has 1 heterocycles. The van der Waals surface area contributed by atoms with Crippen LogP contribution in [-0.2, 0) is 19.9 Å². The molecule has 1 aliphatic rings. The van der Waals surface area contributed by atoms with Gasteiger partial charge in [-0.3, -0.25) is 4.79 Å². The number of esters is 1. The molecule has 0 unspecified atom stereocenters. The molecule has 1 fully saturated rings. The van der Waals surface area contributed by atoms with Gasteiger partial charge in [0, 0.05) is 13.0 Å². The van der Waals surface area contributed by atoms with Crippen molar-refractivity contribution in [2.24, 2.45) is 0 Å². The number of hydrogen-bond donors (Lipinski definition) is 0. The highest BCUT2D eigenvalue weighted by Gasteiger charge is 2.45. The molecule has 0 radical (unpaired) electrons. The number of hydrogen-bond acceptors (Lipinski definition) is 4. The van der Waals surface area contributed by atoms with Crippen molar-refractivity contribution in [2.75, 3.05) is 13.7 Å². The molecule has 0 saturated carbocycles. The molecule has 0 spiro atoms. The first kappa shape index (κ1) is 22.5. The van der Waals surface area contributed by atoms with Gasteiger partial charge in [0.2, 0.25) is 0 Å². The number of carbonyl (C=O) groups excluding carboxylic acids is 2. The molecule has 0 aliphatic carbocycles. The average Bonchev–Trinajstić information content (AvgIpc) is 2.85. The van der Waals surface area contributed by atoms with Crippen molar-refractivity contribution in [1.82, 2.24) is 4.90 Å². The van der Waals surface area contributed by atoms with E-state index in [-0.39, 0.29) is 18.3 Å². The monoisotopic (exact) mass is 447 g/mol. The third-order valence-corrected chi connectivity index (χ3v) is 6.27. The molecule has 1 amide bonds. The number of nitrogens with zero attached hydrogens (tertiary/aromatic N) is 1. The summed E-state index contributed by atoms with van der Waals surface area (Å²) in [7, 11) is 1.33. The zero-order chi connectivity index (χ0) is 23.4. The summed E-state index contributed by atoms with van der Waals surface area (Å²) in [5, 5.41) is 0. The van der Waals surface area contributed by atoms with Crippen LogP contribution in [0.4, 0.5) is 9.18 Å². The van der Waals surface area contributed by atoms with Gasteiger partial charge in [-0.2, -0.15) is 0 Å². The maximum Gasteiger partial charge on any atom is 0.411 e. The van der Waals surface area contributed by atoms with E-state index < -0.39 is 17.7 Å². The predicted molar refractivity (Wildman–Crippen MR) is 123 cm³/mol. The molecule has 3 aromatic carbocycles. The highest BCUT2D eigenvalue weighted by atomic mass is 19.1. The number of cyclic esters (lactones) is 1. The van der Waals surface area contributed by atoms with E-state index in [4.69, 9.17) is 9.47 Å². The Kier molecular flexibility index (Phi) is 6.45. The summed E-state index contributed by atoms with van der Waals surface area (Å²) in [6.45, 7) is 2.38. The average molecular weight is 448 g/mol. The molecule has 0 N–H and O–H groups in total. The van der Waals surface area contributed by atoms with Crippen LogP contribution < -0.4 is 0 Å². The lowest BCUT2D eigenvalue weighted by molar-refractivity contribution is -0.149. The van der Waals surface area contributed by atoms with Gasteiger partial charge in [-0.1, -0.05) is 66.7 Å². The van der Waals surface area contributed by atoms with Gasteiger partial charge in [0.25, 0.3) is 0 Å². The van der Waals surface area contributed by atoms with Gasteiger partial charge in [-0.25, -0.2) is 9.18 Å². The number of amides is 1. The fraction of sp³-hybridized carbons (Fsp3) is 0.259. The summed E-state index contributed by atoms with van der Waals surface area (Å²) in [6.07, 6.45) is -0.0342. The molecule has 170 valence electrons. The Morgan fingerprint density at radius 3 is 2.21 bits per heavy atom. The normalized spacial score (nSPS) is 19.0. The molecule has 0 bridgehead atoms. The van der Waals surface area contributed by atoms with Crippen molar-refractivity contribution in [3.8, 4) is 11.1 Å². The van der Waals surface area contributed by atoms with Crippen LogP contribution in [0.1, 0.15) is 36.9 Å². The standard InChI is InChI=1S/C27H26FNO4/c1-19(20-8-10-21(11-9-20)22-12-14-24(28)15-13-22)29-17-16-27(33-26(29)31,18-25(30)32-2)23-6-4-3-5-7-23/h3-15,19H,16-18H2,1-2H3/t19-,27-/m0/s1. The Labute approximate surface area is 192 Å². The number of ether oxygens (including phenoxy) is 2. The topological polar surface area (TPSA) is 55.8 Å². The van der Waals surface area contributed by atoms with Crippen molar-refractivity contribution < 1.29 is 23.5 Å². The van der Waals surface area contributed by atoms with Crippen LogP contribution in [-0.4, -0.2) is 30.6 Å². The predicted octanol–water partition coefficient (Wildman–Crippen LogP) is 5.85.